The summed E-state index contributed by atoms with van der Waals surface area (Å²) in [6.07, 6.45) is 0.481. The fraction of sp³-hybridized carbons (Fsp3) is 0.643. The van der Waals surface area contributed by atoms with Crippen LogP contribution in [0.5, 0.6) is 0 Å². The molecule has 1 aromatic heterocycles. The molecule has 0 aromatic carbocycles. The molecule has 1 aromatic rings. The summed E-state index contributed by atoms with van der Waals surface area (Å²) in [5.41, 5.74) is 0. The molecule has 0 N–H and O–H groups in total. The number of hydrogen-bond acceptors (Lipinski definition) is 5. The van der Waals surface area contributed by atoms with E-state index < -0.39 is 9.84 Å². The van der Waals surface area contributed by atoms with Gasteiger partial charge in [-0.3, -0.25) is 9.69 Å². The number of carbonyl (C=O) groups is 1. The van der Waals surface area contributed by atoms with Crippen LogP contribution in [0.3, 0.4) is 0 Å². The molecule has 0 spiro atoms. The van der Waals surface area contributed by atoms with E-state index in [2.05, 4.69) is 4.90 Å². The highest BCUT2D eigenvalue weighted by atomic mass is 35.5. The molecule has 0 saturated carbocycles. The average Bonchev–Trinajstić information content (AvgIpc) is 3.04. The number of halogens is 1. The van der Waals surface area contributed by atoms with Gasteiger partial charge in [0.1, 0.15) is 0 Å². The zero-order valence-corrected chi connectivity index (χ0v) is 14.6. The molecule has 2 aliphatic heterocycles. The molecule has 0 radical (unpaired) electrons. The molecule has 2 saturated heterocycles. The SMILES string of the molecule is O=C(C1CCS(=O)(=O)C1)N1CCN(Cc2ccc(Cl)s2)CC1. The highest BCUT2D eigenvalue weighted by Gasteiger charge is 2.36. The monoisotopic (exact) mass is 362 g/mol. The standard InChI is InChI=1S/C14H19ClN2O3S2/c15-13-2-1-12(21-13)9-16-4-6-17(7-5-16)14(18)11-3-8-22(19,20)10-11/h1-2,11H,3-10H2. The van der Waals surface area contributed by atoms with Crippen molar-refractivity contribution in [2.24, 2.45) is 5.92 Å². The highest BCUT2D eigenvalue weighted by Crippen LogP contribution is 2.24. The molecule has 2 fully saturated rings. The van der Waals surface area contributed by atoms with Gasteiger partial charge >= 0.3 is 0 Å². The lowest BCUT2D eigenvalue weighted by molar-refractivity contribution is -0.136. The van der Waals surface area contributed by atoms with Crippen LogP contribution in [-0.4, -0.2) is 61.8 Å². The van der Waals surface area contributed by atoms with Crippen LogP contribution in [0.15, 0.2) is 12.1 Å². The Labute approximate surface area is 139 Å². The third-order valence-corrected chi connectivity index (χ3v) is 7.26. The number of rotatable bonds is 3. The van der Waals surface area contributed by atoms with Crippen molar-refractivity contribution in [1.29, 1.82) is 0 Å². The number of sulfone groups is 1. The number of thiophene rings is 1. The zero-order valence-electron chi connectivity index (χ0n) is 12.2. The molecular formula is C14H19ClN2O3S2. The van der Waals surface area contributed by atoms with Crippen LogP contribution in [0.1, 0.15) is 11.3 Å². The summed E-state index contributed by atoms with van der Waals surface area (Å²) in [7, 11) is -3.00. The molecule has 3 heterocycles. The van der Waals surface area contributed by atoms with Crippen molar-refractivity contribution in [3.8, 4) is 0 Å². The normalized spacial score (nSPS) is 25.5. The van der Waals surface area contributed by atoms with E-state index >= 15 is 0 Å². The van der Waals surface area contributed by atoms with E-state index in [1.807, 2.05) is 17.0 Å². The Kier molecular flexibility index (Phi) is 4.77. The van der Waals surface area contributed by atoms with Crippen LogP contribution in [0.25, 0.3) is 0 Å². The molecule has 1 amide bonds. The molecule has 0 bridgehead atoms. The van der Waals surface area contributed by atoms with Crippen molar-refractivity contribution >= 4 is 38.7 Å². The Bertz CT molecular complexity index is 651. The summed E-state index contributed by atoms with van der Waals surface area (Å²) in [4.78, 5) is 17.7. The van der Waals surface area contributed by atoms with Gasteiger partial charge in [-0.05, 0) is 18.6 Å². The van der Waals surface area contributed by atoms with E-state index in [4.69, 9.17) is 11.6 Å². The van der Waals surface area contributed by atoms with E-state index in [9.17, 15) is 13.2 Å². The Morgan fingerprint density at radius 1 is 1.27 bits per heavy atom. The summed E-state index contributed by atoms with van der Waals surface area (Å²) in [6.45, 7) is 3.85. The second-order valence-corrected chi connectivity index (χ2v) is 9.94. The Hall–Kier alpha value is -0.630. The van der Waals surface area contributed by atoms with Crippen molar-refractivity contribution in [2.75, 3.05) is 37.7 Å². The van der Waals surface area contributed by atoms with Crippen LogP contribution >= 0.6 is 22.9 Å². The van der Waals surface area contributed by atoms with Gasteiger partial charge in [0.2, 0.25) is 5.91 Å². The molecular weight excluding hydrogens is 344 g/mol. The van der Waals surface area contributed by atoms with Gasteiger partial charge in [0.15, 0.2) is 9.84 Å². The first-order valence-electron chi connectivity index (χ1n) is 7.39. The molecule has 8 heteroatoms. The number of carbonyl (C=O) groups excluding carboxylic acids is 1. The number of hydrogen-bond donors (Lipinski definition) is 0. The van der Waals surface area contributed by atoms with Crippen molar-refractivity contribution < 1.29 is 13.2 Å². The number of amides is 1. The van der Waals surface area contributed by atoms with Gasteiger partial charge in [-0.25, -0.2) is 8.42 Å². The highest BCUT2D eigenvalue weighted by molar-refractivity contribution is 7.91. The van der Waals surface area contributed by atoms with Crippen LogP contribution in [-0.2, 0) is 21.2 Å². The summed E-state index contributed by atoms with van der Waals surface area (Å²) in [5.74, 6) is -0.130. The molecule has 2 aliphatic rings. The van der Waals surface area contributed by atoms with E-state index in [1.165, 1.54) is 4.88 Å². The van der Waals surface area contributed by atoms with Crippen LogP contribution in [0.4, 0.5) is 0 Å². The summed E-state index contributed by atoms with van der Waals surface area (Å²) < 4.78 is 23.8. The van der Waals surface area contributed by atoms with E-state index in [1.54, 1.807) is 11.3 Å². The fourth-order valence-electron chi connectivity index (χ4n) is 3.03. The third kappa shape index (κ3) is 3.82. The molecule has 0 aliphatic carbocycles. The van der Waals surface area contributed by atoms with Crippen LogP contribution in [0.2, 0.25) is 4.34 Å². The smallest absolute Gasteiger partial charge is 0.226 e. The zero-order chi connectivity index (χ0) is 15.7. The molecule has 22 heavy (non-hydrogen) atoms. The van der Waals surface area contributed by atoms with Crippen molar-refractivity contribution in [3.05, 3.63) is 21.3 Å². The Morgan fingerprint density at radius 3 is 2.55 bits per heavy atom. The minimum Gasteiger partial charge on any atom is -0.340 e. The third-order valence-electron chi connectivity index (χ3n) is 4.27. The number of nitrogens with zero attached hydrogens (tertiary/aromatic N) is 2. The Balaban J connectivity index is 1.50. The van der Waals surface area contributed by atoms with Gasteiger partial charge in [0.25, 0.3) is 0 Å². The van der Waals surface area contributed by atoms with Crippen molar-refractivity contribution in [3.63, 3.8) is 0 Å². The minimum absolute atomic E-state index is 0.0138. The maximum absolute atomic E-state index is 12.4. The second-order valence-electron chi connectivity index (χ2n) is 5.91. The largest absolute Gasteiger partial charge is 0.340 e. The van der Waals surface area contributed by atoms with Crippen LogP contribution in [0, 0.1) is 5.92 Å². The molecule has 3 rings (SSSR count). The van der Waals surface area contributed by atoms with Gasteiger partial charge in [0.05, 0.1) is 21.8 Å². The van der Waals surface area contributed by atoms with Gasteiger partial charge in [-0.15, -0.1) is 11.3 Å². The first-order valence-corrected chi connectivity index (χ1v) is 10.4. The predicted molar refractivity (Wildman–Crippen MR) is 87.9 cm³/mol. The molecule has 5 nitrogen and oxygen atoms in total. The summed E-state index contributed by atoms with van der Waals surface area (Å²) >= 11 is 7.52. The molecule has 1 unspecified atom stereocenters. The lowest BCUT2D eigenvalue weighted by atomic mass is 10.1. The van der Waals surface area contributed by atoms with Gasteiger partial charge in [-0.2, -0.15) is 0 Å². The maximum atomic E-state index is 12.4. The fourth-order valence-corrected chi connectivity index (χ4v) is 5.89. The molecule has 122 valence electrons. The van der Waals surface area contributed by atoms with E-state index in [-0.39, 0.29) is 23.3 Å². The second kappa shape index (κ2) is 6.47. The van der Waals surface area contributed by atoms with Crippen LogP contribution < -0.4 is 0 Å². The predicted octanol–water partition coefficient (Wildman–Crippen LogP) is 1.48. The van der Waals surface area contributed by atoms with Crippen molar-refractivity contribution in [2.45, 2.75) is 13.0 Å². The van der Waals surface area contributed by atoms with Gasteiger partial charge in [-0.1, -0.05) is 11.6 Å². The van der Waals surface area contributed by atoms with Gasteiger partial charge < -0.3 is 4.90 Å². The first-order chi connectivity index (χ1) is 10.4. The topological polar surface area (TPSA) is 57.7 Å². The lowest BCUT2D eigenvalue weighted by Crippen LogP contribution is -2.50. The summed E-state index contributed by atoms with van der Waals surface area (Å²) in [5, 5.41) is 0. The van der Waals surface area contributed by atoms with E-state index in [0.29, 0.717) is 19.5 Å². The van der Waals surface area contributed by atoms with Gasteiger partial charge in [0, 0.05) is 37.6 Å². The van der Waals surface area contributed by atoms with Crippen molar-refractivity contribution in [1.82, 2.24) is 9.80 Å². The average molecular weight is 363 g/mol. The first kappa shape index (κ1) is 16.2. The minimum atomic E-state index is -3.00. The Morgan fingerprint density at radius 2 is 2.00 bits per heavy atom. The maximum Gasteiger partial charge on any atom is 0.226 e. The van der Waals surface area contributed by atoms with E-state index in [0.717, 1.165) is 24.0 Å². The number of piperazine rings is 1. The quantitative estimate of drug-likeness (QED) is 0.817. The summed E-state index contributed by atoms with van der Waals surface area (Å²) in [6, 6.07) is 3.94. The lowest BCUT2D eigenvalue weighted by Gasteiger charge is -2.35. The molecule has 1 atom stereocenters.